The molecule has 1 atom stereocenters. The summed E-state index contributed by atoms with van der Waals surface area (Å²) in [6, 6.07) is 8.02. The summed E-state index contributed by atoms with van der Waals surface area (Å²) in [5.41, 5.74) is 0.868. The van der Waals surface area contributed by atoms with Crippen molar-refractivity contribution in [3.63, 3.8) is 0 Å². The maximum Gasteiger partial charge on any atom is 0.227 e. The van der Waals surface area contributed by atoms with Crippen molar-refractivity contribution in [3.8, 4) is 0 Å². The van der Waals surface area contributed by atoms with Gasteiger partial charge in [0.15, 0.2) is 0 Å². The van der Waals surface area contributed by atoms with Crippen molar-refractivity contribution >= 4 is 21.8 Å². The van der Waals surface area contributed by atoms with E-state index in [2.05, 4.69) is 26.6 Å². The van der Waals surface area contributed by atoms with Gasteiger partial charge in [0.25, 0.3) is 0 Å². The highest BCUT2D eigenvalue weighted by Gasteiger charge is 2.34. The second-order valence-electron chi connectivity index (χ2n) is 5.15. The molecule has 1 saturated heterocycles. The molecular formula is C14H19BrN2O. The standard InChI is InChI=1S/C14H19BrN2O/c1-14(7-2-8-16-10-14)13(18)17-9-11-3-5-12(15)6-4-11/h3-6,16H,2,7-10H2,1H3,(H,17,18). The van der Waals surface area contributed by atoms with Crippen molar-refractivity contribution in [1.29, 1.82) is 0 Å². The smallest absolute Gasteiger partial charge is 0.227 e. The van der Waals surface area contributed by atoms with Crippen molar-refractivity contribution in [2.75, 3.05) is 13.1 Å². The summed E-state index contributed by atoms with van der Waals surface area (Å²) >= 11 is 3.40. The molecule has 2 N–H and O–H groups in total. The molecule has 0 spiro atoms. The Morgan fingerprint density at radius 2 is 2.17 bits per heavy atom. The highest BCUT2D eigenvalue weighted by atomic mass is 79.9. The van der Waals surface area contributed by atoms with Gasteiger partial charge in [-0.3, -0.25) is 4.79 Å². The molecule has 0 aliphatic carbocycles. The molecule has 98 valence electrons. The molecule has 1 fully saturated rings. The Morgan fingerprint density at radius 1 is 1.44 bits per heavy atom. The number of benzene rings is 1. The van der Waals surface area contributed by atoms with E-state index >= 15 is 0 Å². The van der Waals surface area contributed by atoms with E-state index in [1.807, 2.05) is 31.2 Å². The molecule has 0 bridgehead atoms. The maximum absolute atomic E-state index is 12.2. The molecule has 1 aromatic rings. The van der Waals surface area contributed by atoms with Gasteiger partial charge in [0, 0.05) is 17.6 Å². The Hall–Kier alpha value is -0.870. The highest BCUT2D eigenvalue weighted by Crippen LogP contribution is 2.25. The van der Waals surface area contributed by atoms with Crippen LogP contribution in [0.5, 0.6) is 0 Å². The van der Waals surface area contributed by atoms with Crippen LogP contribution >= 0.6 is 15.9 Å². The van der Waals surface area contributed by atoms with Gasteiger partial charge in [-0.05, 0) is 44.0 Å². The fourth-order valence-corrected chi connectivity index (χ4v) is 2.51. The lowest BCUT2D eigenvalue weighted by atomic mass is 9.82. The van der Waals surface area contributed by atoms with Crippen molar-refractivity contribution in [2.45, 2.75) is 26.3 Å². The first-order chi connectivity index (χ1) is 8.60. The highest BCUT2D eigenvalue weighted by molar-refractivity contribution is 9.10. The van der Waals surface area contributed by atoms with E-state index in [1.165, 1.54) is 0 Å². The van der Waals surface area contributed by atoms with Crippen molar-refractivity contribution in [2.24, 2.45) is 5.41 Å². The lowest BCUT2D eigenvalue weighted by Gasteiger charge is -2.32. The number of amides is 1. The van der Waals surface area contributed by atoms with Crippen LogP contribution < -0.4 is 10.6 Å². The van der Waals surface area contributed by atoms with Gasteiger partial charge in [0.05, 0.1) is 5.41 Å². The van der Waals surface area contributed by atoms with Crippen LogP contribution in [-0.2, 0) is 11.3 Å². The van der Waals surface area contributed by atoms with Crippen LogP contribution in [-0.4, -0.2) is 19.0 Å². The molecule has 2 rings (SSSR count). The average Bonchev–Trinajstić information content (AvgIpc) is 2.38. The zero-order valence-corrected chi connectivity index (χ0v) is 12.2. The van der Waals surface area contributed by atoms with E-state index in [1.54, 1.807) is 0 Å². The molecule has 1 amide bonds. The second-order valence-corrected chi connectivity index (χ2v) is 6.07. The van der Waals surface area contributed by atoms with Crippen LogP contribution in [0.3, 0.4) is 0 Å². The Balaban J connectivity index is 1.89. The predicted molar refractivity (Wildman–Crippen MR) is 76.2 cm³/mol. The van der Waals surface area contributed by atoms with Gasteiger partial charge >= 0.3 is 0 Å². The zero-order valence-electron chi connectivity index (χ0n) is 10.6. The molecule has 0 saturated carbocycles. The number of rotatable bonds is 3. The number of halogens is 1. The molecule has 0 aromatic heterocycles. The fourth-order valence-electron chi connectivity index (χ4n) is 2.25. The van der Waals surface area contributed by atoms with Gasteiger partial charge in [-0.15, -0.1) is 0 Å². The zero-order chi connectivity index (χ0) is 13.0. The molecule has 18 heavy (non-hydrogen) atoms. The van der Waals surface area contributed by atoms with E-state index in [0.29, 0.717) is 6.54 Å². The average molecular weight is 311 g/mol. The van der Waals surface area contributed by atoms with Crippen molar-refractivity contribution in [1.82, 2.24) is 10.6 Å². The van der Waals surface area contributed by atoms with Crippen LogP contribution in [0, 0.1) is 5.41 Å². The van der Waals surface area contributed by atoms with Gasteiger partial charge in [-0.1, -0.05) is 28.1 Å². The second kappa shape index (κ2) is 5.85. The quantitative estimate of drug-likeness (QED) is 0.900. The van der Waals surface area contributed by atoms with E-state index < -0.39 is 0 Å². The first kappa shape index (κ1) is 13.6. The molecule has 1 aromatic carbocycles. The van der Waals surface area contributed by atoms with Gasteiger partial charge in [0.1, 0.15) is 0 Å². The Morgan fingerprint density at radius 3 is 2.78 bits per heavy atom. The number of carbonyl (C=O) groups excluding carboxylic acids is 1. The summed E-state index contributed by atoms with van der Waals surface area (Å²) in [4.78, 5) is 12.2. The minimum atomic E-state index is -0.256. The third-order valence-corrected chi connectivity index (χ3v) is 4.04. The van der Waals surface area contributed by atoms with Gasteiger partial charge < -0.3 is 10.6 Å². The Labute approximate surface area is 116 Å². The molecule has 1 heterocycles. The first-order valence-corrected chi connectivity index (χ1v) is 7.13. The van der Waals surface area contributed by atoms with Gasteiger partial charge in [-0.25, -0.2) is 0 Å². The number of nitrogens with one attached hydrogen (secondary N) is 2. The Kier molecular flexibility index (Phi) is 4.40. The summed E-state index contributed by atoms with van der Waals surface area (Å²) in [7, 11) is 0. The minimum Gasteiger partial charge on any atom is -0.352 e. The van der Waals surface area contributed by atoms with Crippen LogP contribution in [0.25, 0.3) is 0 Å². The molecule has 0 radical (unpaired) electrons. The lowest BCUT2D eigenvalue weighted by Crippen LogP contribution is -2.48. The lowest BCUT2D eigenvalue weighted by molar-refractivity contribution is -0.131. The molecule has 4 heteroatoms. The summed E-state index contributed by atoms with van der Waals surface area (Å²) in [5.74, 6) is 0.151. The number of piperidine rings is 1. The van der Waals surface area contributed by atoms with Crippen LogP contribution in [0.1, 0.15) is 25.3 Å². The minimum absolute atomic E-state index is 0.151. The SMILES string of the molecule is CC1(C(=O)NCc2ccc(Br)cc2)CCCNC1. The monoisotopic (exact) mass is 310 g/mol. The van der Waals surface area contributed by atoms with Crippen molar-refractivity contribution < 1.29 is 4.79 Å². The van der Waals surface area contributed by atoms with E-state index in [-0.39, 0.29) is 11.3 Å². The van der Waals surface area contributed by atoms with Gasteiger partial charge in [0.2, 0.25) is 5.91 Å². The van der Waals surface area contributed by atoms with Crippen LogP contribution in [0.2, 0.25) is 0 Å². The topological polar surface area (TPSA) is 41.1 Å². The third kappa shape index (κ3) is 3.33. The van der Waals surface area contributed by atoms with Crippen LogP contribution in [0.15, 0.2) is 28.7 Å². The number of hydrogen-bond donors (Lipinski definition) is 2. The Bertz CT molecular complexity index is 410. The first-order valence-electron chi connectivity index (χ1n) is 6.34. The molecule has 1 unspecified atom stereocenters. The van der Waals surface area contributed by atoms with Crippen molar-refractivity contribution in [3.05, 3.63) is 34.3 Å². The third-order valence-electron chi connectivity index (χ3n) is 3.51. The normalized spacial score (nSPS) is 23.7. The summed E-state index contributed by atoms with van der Waals surface area (Å²) in [6.45, 7) is 4.44. The number of carbonyl (C=O) groups is 1. The molecule has 1 aliphatic rings. The number of hydrogen-bond acceptors (Lipinski definition) is 2. The maximum atomic E-state index is 12.2. The molecule has 1 aliphatic heterocycles. The van der Waals surface area contributed by atoms with Gasteiger partial charge in [-0.2, -0.15) is 0 Å². The predicted octanol–water partition coefficient (Wildman–Crippen LogP) is 2.46. The van der Waals surface area contributed by atoms with Crippen LogP contribution in [0.4, 0.5) is 0 Å². The molecular weight excluding hydrogens is 292 g/mol. The summed E-state index contributed by atoms with van der Waals surface area (Å²) in [5, 5.41) is 6.33. The summed E-state index contributed by atoms with van der Waals surface area (Å²) in [6.07, 6.45) is 2.04. The van der Waals surface area contributed by atoms with E-state index in [9.17, 15) is 4.79 Å². The summed E-state index contributed by atoms with van der Waals surface area (Å²) < 4.78 is 1.06. The van der Waals surface area contributed by atoms with E-state index in [0.717, 1.165) is 36.0 Å². The van der Waals surface area contributed by atoms with E-state index in [4.69, 9.17) is 0 Å². The molecule has 3 nitrogen and oxygen atoms in total. The fraction of sp³-hybridized carbons (Fsp3) is 0.500. The largest absolute Gasteiger partial charge is 0.352 e.